The predicted octanol–water partition coefficient (Wildman–Crippen LogP) is 3.47. The van der Waals surface area contributed by atoms with E-state index >= 15 is 0 Å². The summed E-state index contributed by atoms with van der Waals surface area (Å²) in [5, 5.41) is 6.81. The molecule has 0 aliphatic rings. The number of nitrogens with one attached hydrogen (secondary N) is 1. The lowest BCUT2D eigenvalue weighted by atomic mass is 10.1. The molecule has 1 N–H and O–H groups in total. The van der Waals surface area contributed by atoms with Gasteiger partial charge in [-0.25, -0.2) is 0 Å². The summed E-state index contributed by atoms with van der Waals surface area (Å²) in [6.45, 7) is 0. The molecule has 0 spiro atoms. The van der Waals surface area contributed by atoms with Crippen LogP contribution in [0.25, 0.3) is 0 Å². The highest BCUT2D eigenvalue weighted by Crippen LogP contribution is 2.34. The van der Waals surface area contributed by atoms with Gasteiger partial charge in [-0.05, 0) is 17.7 Å². The minimum Gasteiger partial charge on any atom is -0.308 e. The van der Waals surface area contributed by atoms with E-state index in [1.807, 2.05) is 0 Å². The summed E-state index contributed by atoms with van der Waals surface area (Å²) in [6, 6.07) is 3.65. The van der Waals surface area contributed by atoms with Gasteiger partial charge in [0.2, 0.25) is 0 Å². The Kier molecular flexibility index (Phi) is 2.75. The summed E-state index contributed by atoms with van der Waals surface area (Å²) in [7, 11) is 0. The van der Waals surface area contributed by atoms with Crippen LogP contribution in [-0.4, -0.2) is 6.21 Å². The summed E-state index contributed by atoms with van der Waals surface area (Å²) < 4.78 is 36.8. The first-order valence-electron chi connectivity index (χ1n) is 3.32. The number of hydrogen-bond donors (Lipinski definition) is 1. The predicted molar refractivity (Wildman–Crippen MR) is 47.0 cm³/mol. The molecule has 0 aliphatic carbocycles. The first kappa shape index (κ1) is 10.2. The quantitative estimate of drug-likeness (QED) is 0.740. The SMILES string of the molecule is N=Cc1ccc(Br)c(C(F)(F)F)c1. The van der Waals surface area contributed by atoms with Crippen LogP contribution < -0.4 is 0 Å². The number of alkyl halides is 3. The minimum absolute atomic E-state index is 0.00870. The van der Waals surface area contributed by atoms with E-state index in [0.717, 1.165) is 12.3 Å². The number of rotatable bonds is 1. The molecule has 0 unspecified atom stereocenters. The fourth-order valence-corrected chi connectivity index (χ4v) is 1.32. The number of benzene rings is 1. The van der Waals surface area contributed by atoms with Crippen LogP contribution in [0.3, 0.4) is 0 Å². The first-order valence-corrected chi connectivity index (χ1v) is 4.11. The van der Waals surface area contributed by atoms with Crippen molar-refractivity contribution in [1.82, 2.24) is 0 Å². The zero-order valence-corrected chi connectivity index (χ0v) is 7.91. The fourth-order valence-electron chi connectivity index (χ4n) is 0.850. The van der Waals surface area contributed by atoms with Crippen LogP contribution in [-0.2, 0) is 6.18 Å². The molecule has 0 bridgehead atoms. The molecule has 70 valence electrons. The van der Waals surface area contributed by atoms with Crippen molar-refractivity contribution in [2.24, 2.45) is 0 Å². The number of hydrogen-bond acceptors (Lipinski definition) is 1. The first-order chi connectivity index (χ1) is 5.95. The Hall–Kier alpha value is -0.840. The second-order valence-electron chi connectivity index (χ2n) is 2.38. The molecule has 13 heavy (non-hydrogen) atoms. The Bertz CT molecular complexity index is 333. The Labute approximate surface area is 81.2 Å². The van der Waals surface area contributed by atoms with Crippen molar-refractivity contribution >= 4 is 22.1 Å². The van der Waals surface area contributed by atoms with E-state index in [1.165, 1.54) is 12.1 Å². The van der Waals surface area contributed by atoms with Gasteiger partial charge in [-0.3, -0.25) is 0 Å². The van der Waals surface area contributed by atoms with Crippen molar-refractivity contribution in [1.29, 1.82) is 5.41 Å². The average Bonchev–Trinajstić information content (AvgIpc) is 2.03. The minimum atomic E-state index is -4.38. The van der Waals surface area contributed by atoms with Crippen molar-refractivity contribution in [3.63, 3.8) is 0 Å². The van der Waals surface area contributed by atoms with Gasteiger partial charge in [0.1, 0.15) is 0 Å². The van der Waals surface area contributed by atoms with E-state index in [2.05, 4.69) is 15.9 Å². The van der Waals surface area contributed by atoms with E-state index in [0.29, 0.717) is 0 Å². The van der Waals surface area contributed by atoms with E-state index in [4.69, 9.17) is 5.41 Å². The molecule has 1 aromatic carbocycles. The van der Waals surface area contributed by atoms with Gasteiger partial charge < -0.3 is 5.41 Å². The van der Waals surface area contributed by atoms with Crippen LogP contribution in [0.2, 0.25) is 0 Å². The van der Waals surface area contributed by atoms with Gasteiger partial charge in [0.05, 0.1) is 5.56 Å². The second kappa shape index (κ2) is 3.49. The third-order valence-corrected chi connectivity index (χ3v) is 2.15. The maximum absolute atomic E-state index is 12.3. The molecule has 0 radical (unpaired) electrons. The smallest absolute Gasteiger partial charge is 0.308 e. The normalized spacial score (nSPS) is 11.4. The van der Waals surface area contributed by atoms with Crippen LogP contribution in [0.1, 0.15) is 11.1 Å². The van der Waals surface area contributed by atoms with Gasteiger partial charge in [-0.1, -0.05) is 22.0 Å². The molecule has 0 amide bonds. The zero-order chi connectivity index (χ0) is 10.1. The van der Waals surface area contributed by atoms with Gasteiger partial charge in [-0.2, -0.15) is 13.2 Å². The van der Waals surface area contributed by atoms with Gasteiger partial charge >= 0.3 is 6.18 Å². The highest BCUT2D eigenvalue weighted by molar-refractivity contribution is 9.10. The molecule has 1 aromatic rings. The zero-order valence-electron chi connectivity index (χ0n) is 6.32. The molecule has 0 aliphatic heterocycles. The Morgan fingerprint density at radius 2 is 1.92 bits per heavy atom. The standard InChI is InChI=1S/C8H5BrF3N/c9-7-2-1-5(4-13)3-6(7)8(10,11)12/h1-4,13H. The molecular formula is C8H5BrF3N. The summed E-state index contributed by atoms with van der Waals surface area (Å²) in [4.78, 5) is 0. The van der Waals surface area contributed by atoms with Crippen LogP contribution in [0.5, 0.6) is 0 Å². The van der Waals surface area contributed by atoms with E-state index < -0.39 is 11.7 Å². The maximum Gasteiger partial charge on any atom is 0.417 e. The largest absolute Gasteiger partial charge is 0.417 e. The summed E-state index contributed by atoms with van der Waals surface area (Å²) in [5.74, 6) is 0. The highest BCUT2D eigenvalue weighted by atomic mass is 79.9. The monoisotopic (exact) mass is 251 g/mol. The van der Waals surface area contributed by atoms with Crippen molar-refractivity contribution in [3.8, 4) is 0 Å². The lowest BCUT2D eigenvalue weighted by Crippen LogP contribution is -2.06. The molecule has 0 saturated heterocycles. The van der Waals surface area contributed by atoms with Crippen LogP contribution >= 0.6 is 15.9 Å². The van der Waals surface area contributed by atoms with Gasteiger partial charge in [0.25, 0.3) is 0 Å². The van der Waals surface area contributed by atoms with Crippen molar-refractivity contribution in [2.45, 2.75) is 6.18 Å². The molecule has 0 aromatic heterocycles. The summed E-state index contributed by atoms with van der Waals surface area (Å²) in [6.07, 6.45) is -3.50. The molecule has 1 rings (SSSR count). The van der Waals surface area contributed by atoms with Crippen LogP contribution in [0, 0.1) is 5.41 Å². The fraction of sp³-hybridized carbons (Fsp3) is 0.125. The average molecular weight is 252 g/mol. The molecule has 1 nitrogen and oxygen atoms in total. The van der Waals surface area contributed by atoms with Crippen LogP contribution in [0.4, 0.5) is 13.2 Å². The maximum atomic E-state index is 12.3. The lowest BCUT2D eigenvalue weighted by Gasteiger charge is -2.09. The van der Waals surface area contributed by atoms with E-state index in [-0.39, 0.29) is 10.0 Å². The van der Waals surface area contributed by atoms with Crippen molar-refractivity contribution in [3.05, 3.63) is 33.8 Å². The third kappa shape index (κ3) is 2.30. The molecule has 5 heteroatoms. The van der Waals surface area contributed by atoms with Crippen molar-refractivity contribution < 1.29 is 13.2 Å². The second-order valence-corrected chi connectivity index (χ2v) is 3.24. The van der Waals surface area contributed by atoms with E-state index in [9.17, 15) is 13.2 Å². The summed E-state index contributed by atoms with van der Waals surface area (Å²) in [5.41, 5.74) is -0.524. The van der Waals surface area contributed by atoms with Gasteiger partial charge in [0.15, 0.2) is 0 Å². The molecule has 0 fully saturated rings. The highest BCUT2D eigenvalue weighted by Gasteiger charge is 2.32. The molecule has 0 saturated carbocycles. The summed E-state index contributed by atoms with van der Waals surface area (Å²) >= 11 is 2.80. The number of halogens is 4. The molecule has 0 heterocycles. The molecule has 0 atom stereocenters. The van der Waals surface area contributed by atoms with Gasteiger partial charge in [-0.15, -0.1) is 0 Å². The lowest BCUT2D eigenvalue weighted by molar-refractivity contribution is -0.138. The van der Waals surface area contributed by atoms with Crippen molar-refractivity contribution in [2.75, 3.05) is 0 Å². The topological polar surface area (TPSA) is 23.9 Å². The van der Waals surface area contributed by atoms with Crippen LogP contribution in [0.15, 0.2) is 22.7 Å². The Balaban J connectivity index is 3.27. The third-order valence-electron chi connectivity index (χ3n) is 1.46. The van der Waals surface area contributed by atoms with E-state index in [1.54, 1.807) is 0 Å². The Morgan fingerprint density at radius 3 is 2.38 bits per heavy atom. The Morgan fingerprint density at radius 1 is 1.31 bits per heavy atom. The van der Waals surface area contributed by atoms with Gasteiger partial charge in [0, 0.05) is 10.7 Å². The molecular weight excluding hydrogens is 247 g/mol.